The maximum absolute atomic E-state index is 4.74. The number of nitrogens with zero attached hydrogens (tertiary/aromatic N) is 3. The highest BCUT2D eigenvalue weighted by molar-refractivity contribution is 14.0. The molecule has 0 bridgehead atoms. The molecule has 23 heavy (non-hydrogen) atoms. The predicted molar refractivity (Wildman–Crippen MR) is 110 cm³/mol. The Morgan fingerprint density at radius 2 is 1.78 bits per heavy atom. The smallest absolute Gasteiger partial charge is 0.191 e. The topological polar surface area (TPSA) is 42.9 Å². The van der Waals surface area contributed by atoms with E-state index in [1.54, 1.807) is 0 Å². The molecule has 5 nitrogen and oxygen atoms in total. The van der Waals surface area contributed by atoms with E-state index in [9.17, 15) is 0 Å². The lowest BCUT2D eigenvalue weighted by molar-refractivity contribution is 0.152. The van der Waals surface area contributed by atoms with E-state index in [-0.39, 0.29) is 24.0 Å². The highest BCUT2D eigenvalue weighted by atomic mass is 127. The van der Waals surface area contributed by atoms with Crippen LogP contribution in [0, 0.1) is 0 Å². The maximum Gasteiger partial charge on any atom is 0.191 e. The summed E-state index contributed by atoms with van der Waals surface area (Å²) in [5.74, 6) is 1.02. The summed E-state index contributed by atoms with van der Waals surface area (Å²) in [5, 5.41) is 6.96. The molecule has 1 saturated heterocycles. The molecule has 1 aliphatic carbocycles. The summed E-state index contributed by atoms with van der Waals surface area (Å²) in [4.78, 5) is 9.74. The molecule has 0 spiro atoms. The number of piperazine rings is 1. The van der Waals surface area contributed by atoms with Crippen LogP contribution in [0.2, 0.25) is 0 Å². The molecule has 0 radical (unpaired) electrons. The van der Waals surface area contributed by atoms with E-state index in [1.165, 1.54) is 71.2 Å². The van der Waals surface area contributed by atoms with Gasteiger partial charge in [0.05, 0.1) is 0 Å². The van der Waals surface area contributed by atoms with E-state index in [0.29, 0.717) is 6.04 Å². The summed E-state index contributed by atoms with van der Waals surface area (Å²) < 4.78 is 0. The van der Waals surface area contributed by atoms with Crippen LogP contribution in [0.5, 0.6) is 0 Å². The molecular formula is C17H36IN5. The summed E-state index contributed by atoms with van der Waals surface area (Å²) >= 11 is 0. The Bertz CT molecular complexity index is 323. The molecule has 2 N–H and O–H groups in total. The normalized spacial score (nSPS) is 21.2. The highest BCUT2D eigenvalue weighted by Crippen LogP contribution is 2.17. The van der Waals surface area contributed by atoms with Gasteiger partial charge in [0.15, 0.2) is 5.96 Å². The van der Waals surface area contributed by atoms with Gasteiger partial charge in [0.25, 0.3) is 0 Å². The fourth-order valence-electron chi connectivity index (χ4n) is 3.29. The zero-order valence-electron chi connectivity index (χ0n) is 15.0. The Labute approximate surface area is 159 Å². The Morgan fingerprint density at radius 1 is 1.09 bits per heavy atom. The number of nitrogens with one attached hydrogen (secondary N) is 2. The first-order chi connectivity index (χ1) is 10.8. The van der Waals surface area contributed by atoms with Crippen molar-refractivity contribution in [3.8, 4) is 0 Å². The van der Waals surface area contributed by atoms with E-state index >= 15 is 0 Å². The van der Waals surface area contributed by atoms with Crippen molar-refractivity contribution in [2.24, 2.45) is 4.99 Å². The number of hydrogen-bond donors (Lipinski definition) is 2. The first-order valence-corrected chi connectivity index (χ1v) is 9.23. The number of hydrogen-bond acceptors (Lipinski definition) is 3. The van der Waals surface area contributed by atoms with Crippen molar-refractivity contribution in [2.75, 3.05) is 52.9 Å². The molecule has 2 aliphatic rings. The number of halogens is 1. The lowest BCUT2D eigenvalue weighted by Gasteiger charge is -2.32. The molecule has 0 aromatic carbocycles. The first-order valence-electron chi connectivity index (χ1n) is 9.23. The molecule has 136 valence electrons. The predicted octanol–water partition coefficient (Wildman–Crippen LogP) is 2.13. The van der Waals surface area contributed by atoms with Crippen LogP contribution in [-0.2, 0) is 0 Å². The second-order valence-corrected chi connectivity index (χ2v) is 6.74. The minimum Gasteiger partial charge on any atom is -0.357 e. The molecule has 0 aromatic heterocycles. The summed E-state index contributed by atoms with van der Waals surface area (Å²) in [6.45, 7) is 10.1. The molecule has 0 aromatic rings. The second-order valence-electron chi connectivity index (χ2n) is 6.74. The van der Waals surface area contributed by atoms with Crippen molar-refractivity contribution in [3.05, 3.63) is 0 Å². The minimum atomic E-state index is 0. The van der Waals surface area contributed by atoms with Gasteiger partial charge in [0, 0.05) is 45.3 Å². The van der Waals surface area contributed by atoms with E-state index in [0.717, 1.165) is 19.0 Å². The quantitative estimate of drug-likeness (QED) is 0.277. The number of rotatable bonds is 7. The fourth-order valence-corrected chi connectivity index (χ4v) is 3.29. The Morgan fingerprint density at radius 3 is 2.43 bits per heavy atom. The lowest BCUT2D eigenvalue weighted by atomic mass is 10.2. The van der Waals surface area contributed by atoms with Crippen LogP contribution in [0.1, 0.15) is 45.4 Å². The van der Waals surface area contributed by atoms with Gasteiger partial charge in [0.1, 0.15) is 0 Å². The summed E-state index contributed by atoms with van der Waals surface area (Å²) in [6.07, 6.45) is 7.77. The molecule has 2 rings (SSSR count). The van der Waals surface area contributed by atoms with Crippen molar-refractivity contribution in [3.63, 3.8) is 0 Å². The van der Waals surface area contributed by atoms with Gasteiger partial charge in [-0.1, -0.05) is 12.8 Å². The Kier molecular flexibility index (Phi) is 11.2. The lowest BCUT2D eigenvalue weighted by Crippen LogP contribution is -2.44. The highest BCUT2D eigenvalue weighted by Gasteiger charge is 2.16. The second kappa shape index (κ2) is 12.3. The Hall–Kier alpha value is -0.0800. The van der Waals surface area contributed by atoms with Crippen LogP contribution in [0.3, 0.4) is 0 Å². The zero-order chi connectivity index (χ0) is 15.6. The standard InChI is InChI=1S/C17H35N5.HI/c1-3-18-17(20-16-8-4-5-9-16)19-10-6-7-11-22-14-12-21(2)13-15-22;/h16H,3-15H2,1-2H3,(H2,18,19,20);1H. The van der Waals surface area contributed by atoms with Gasteiger partial charge in [-0.05, 0) is 46.2 Å². The van der Waals surface area contributed by atoms with Gasteiger partial charge < -0.3 is 20.4 Å². The van der Waals surface area contributed by atoms with E-state index in [1.807, 2.05) is 0 Å². The van der Waals surface area contributed by atoms with Gasteiger partial charge in [-0.15, -0.1) is 24.0 Å². The van der Waals surface area contributed by atoms with E-state index in [4.69, 9.17) is 4.99 Å². The van der Waals surface area contributed by atoms with Crippen LogP contribution in [0.25, 0.3) is 0 Å². The summed E-state index contributed by atoms with van der Waals surface area (Å²) in [5.41, 5.74) is 0. The van der Waals surface area contributed by atoms with Crippen molar-refractivity contribution >= 4 is 29.9 Å². The van der Waals surface area contributed by atoms with Gasteiger partial charge in [-0.3, -0.25) is 4.99 Å². The van der Waals surface area contributed by atoms with Crippen LogP contribution in [-0.4, -0.2) is 74.7 Å². The van der Waals surface area contributed by atoms with Crippen LogP contribution < -0.4 is 10.6 Å². The molecule has 0 atom stereocenters. The van der Waals surface area contributed by atoms with Crippen molar-refractivity contribution in [1.29, 1.82) is 0 Å². The molecule has 0 amide bonds. The van der Waals surface area contributed by atoms with E-state index in [2.05, 4.69) is 34.4 Å². The summed E-state index contributed by atoms with van der Waals surface area (Å²) in [6, 6.07) is 0.642. The van der Waals surface area contributed by atoms with Gasteiger partial charge in [0.2, 0.25) is 0 Å². The number of likely N-dealkylation sites (N-methyl/N-ethyl adjacent to an activating group) is 1. The molecule has 1 aliphatic heterocycles. The van der Waals surface area contributed by atoms with E-state index < -0.39 is 0 Å². The summed E-state index contributed by atoms with van der Waals surface area (Å²) in [7, 11) is 2.21. The van der Waals surface area contributed by atoms with Gasteiger partial charge >= 0.3 is 0 Å². The van der Waals surface area contributed by atoms with Crippen LogP contribution >= 0.6 is 24.0 Å². The molecule has 1 saturated carbocycles. The molecular weight excluding hydrogens is 401 g/mol. The van der Waals surface area contributed by atoms with Crippen molar-refractivity contribution < 1.29 is 0 Å². The molecule has 0 unspecified atom stereocenters. The number of aliphatic imine (C=N–C) groups is 1. The SMILES string of the molecule is CCNC(=NCCCCN1CCN(C)CC1)NC1CCCC1.I. The minimum absolute atomic E-state index is 0. The molecule has 6 heteroatoms. The average Bonchev–Trinajstić information content (AvgIpc) is 3.02. The Balaban J connectivity index is 0.00000264. The van der Waals surface area contributed by atoms with Gasteiger partial charge in [-0.2, -0.15) is 0 Å². The molecule has 2 fully saturated rings. The number of unbranched alkanes of at least 4 members (excludes halogenated alkanes) is 1. The monoisotopic (exact) mass is 437 g/mol. The number of guanidine groups is 1. The van der Waals surface area contributed by atoms with Gasteiger partial charge in [-0.25, -0.2) is 0 Å². The largest absolute Gasteiger partial charge is 0.357 e. The van der Waals surface area contributed by atoms with Crippen LogP contribution in [0.4, 0.5) is 0 Å². The third-order valence-corrected chi connectivity index (χ3v) is 4.79. The first kappa shape index (κ1) is 21.0. The van der Waals surface area contributed by atoms with Crippen molar-refractivity contribution in [2.45, 2.75) is 51.5 Å². The third-order valence-electron chi connectivity index (χ3n) is 4.79. The zero-order valence-corrected chi connectivity index (χ0v) is 17.3. The van der Waals surface area contributed by atoms with Crippen molar-refractivity contribution in [1.82, 2.24) is 20.4 Å². The fraction of sp³-hybridized carbons (Fsp3) is 0.941. The van der Waals surface area contributed by atoms with Crippen LogP contribution in [0.15, 0.2) is 4.99 Å². The molecule has 1 heterocycles. The third kappa shape index (κ3) is 8.54. The average molecular weight is 437 g/mol. The maximum atomic E-state index is 4.74.